The third kappa shape index (κ3) is 5.88. The van der Waals surface area contributed by atoms with Crippen LogP contribution in [0.5, 0.6) is 0 Å². The zero-order chi connectivity index (χ0) is 22.6. The van der Waals surface area contributed by atoms with E-state index in [1.54, 1.807) is 36.4 Å². The number of carbonyl (C=O) groups excluding carboxylic acids is 2. The molecule has 0 bridgehead atoms. The molecule has 1 amide bonds. The molecular weight excluding hydrogens is 396 g/mol. The number of ketones is 1. The van der Waals surface area contributed by atoms with Crippen LogP contribution in [-0.4, -0.2) is 54.9 Å². The molecule has 0 unspecified atom stereocenters. The van der Waals surface area contributed by atoms with Gasteiger partial charge in [-0.05, 0) is 32.9 Å². The molecule has 2 N–H and O–H groups in total. The van der Waals surface area contributed by atoms with Gasteiger partial charge in [-0.2, -0.15) is 0 Å². The second-order valence-electron chi connectivity index (χ2n) is 8.87. The maximum atomic E-state index is 12.7. The Bertz CT molecular complexity index is 961. The SMILES string of the molecule is CC(C)(C)NC(=O)C[NH+]1CCN(c2ccc(C(=O)c3ccccc3)cc2[N+](=O)[O-])CC1. The number of nitro groups is 1. The zero-order valence-electron chi connectivity index (χ0n) is 18.2. The van der Waals surface area contributed by atoms with Crippen LogP contribution in [0.1, 0.15) is 36.7 Å². The van der Waals surface area contributed by atoms with Gasteiger partial charge in [-0.15, -0.1) is 0 Å². The van der Waals surface area contributed by atoms with Crippen LogP contribution >= 0.6 is 0 Å². The maximum Gasteiger partial charge on any atom is 0.293 e. The van der Waals surface area contributed by atoms with Gasteiger partial charge in [0.05, 0.1) is 31.1 Å². The Hall–Kier alpha value is -3.26. The summed E-state index contributed by atoms with van der Waals surface area (Å²) < 4.78 is 0. The van der Waals surface area contributed by atoms with Gasteiger partial charge in [-0.1, -0.05) is 30.3 Å². The number of nitrogens with one attached hydrogen (secondary N) is 2. The van der Waals surface area contributed by atoms with Crippen molar-refractivity contribution in [1.82, 2.24) is 5.32 Å². The molecular formula is C23H29N4O4+. The molecule has 1 saturated heterocycles. The Morgan fingerprint density at radius 3 is 2.29 bits per heavy atom. The van der Waals surface area contributed by atoms with Crippen molar-refractivity contribution in [2.75, 3.05) is 37.6 Å². The molecule has 1 fully saturated rings. The van der Waals surface area contributed by atoms with Crippen LogP contribution in [0.4, 0.5) is 11.4 Å². The van der Waals surface area contributed by atoms with E-state index in [9.17, 15) is 19.7 Å². The van der Waals surface area contributed by atoms with Gasteiger partial charge in [0.15, 0.2) is 12.3 Å². The lowest BCUT2D eigenvalue weighted by atomic mass is 10.0. The van der Waals surface area contributed by atoms with Crippen molar-refractivity contribution in [3.05, 3.63) is 69.8 Å². The van der Waals surface area contributed by atoms with E-state index in [0.29, 0.717) is 49.5 Å². The van der Waals surface area contributed by atoms with Crippen molar-refractivity contribution >= 4 is 23.1 Å². The number of amides is 1. The summed E-state index contributed by atoms with van der Waals surface area (Å²) in [5.74, 6) is -0.236. The van der Waals surface area contributed by atoms with Gasteiger partial charge in [-0.3, -0.25) is 19.7 Å². The minimum atomic E-state index is -0.437. The van der Waals surface area contributed by atoms with E-state index in [2.05, 4.69) is 5.32 Å². The molecule has 2 aromatic rings. The molecule has 3 rings (SSSR count). The summed E-state index contributed by atoms with van der Waals surface area (Å²) in [7, 11) is 0. The average Bonchev–Trinajstić information content (AvgIpc) is 2.72. The summed E-state index contributed by atoms with van der Waals surface area (Å²) in [5.41, 5.74) is 0.960. The highest BCUT2D eigenvalue weighted by atomic mass is 16.6. The van der Waals surface area contributed by atoms with E-state index < -0.39 is 4.92 Å². The first-order valence-electron chi connectivity index (χ1n) is 10.4. The van der Waals surface area contributed by atoms with Gasteiger partial charge in [0.2, 0.25) is 0 Å². The van der Waals surface area contributed by atoms with E-state index in [4.69, 9.17) is 0 Å². The molecule has 1 aliphatic heterocycles. The smallest absolute Gasteiger partial charge is 0.293 e. The molecule has 31 heavy (non-hydrogen) atoms. The summed E-state index contributed by atoms with van der Waals surface area (Å²) in [6.07, 6.45) is 0. The summed E-state index contributed by atoms with van der Waals surface area (Å²) in [5, 5.41) is 14.7. The van der Waals surface area contributed by atoms with Crippen molar-refractivity contribution in [2.24, 2.45) is 0 Å². The van der Waals surface area contributed by atoms with Crippen LogP contribution < -0.4 is 15.1 Å². The molecule has 0 atom stereocenters. The quantitative estimate of drug-likeness (QED) is 0.415. The number of hydrogen-bond donors (Lipinski definition) is 2. The van der Waals surface area contributed by atoms with E-state index in [-0.39, 0.29) is 22.9 Å². The molecule has 0 aromatic heterocycles. The molecule has 164 valence electrons. The lowest BCUT2D eigenvalue weighted by Crippen LogP contribution is -3.16. The van der Waals surface area contributed by atoms with Crippen molar-refractivity contribution in [2.45, 2.75) is 26.3 Å². The summed E-state index contributed by atoms with van der Waals surface area (Å²) in [6, 6.07) is 13.4. The summed E-state index contributed by atoms with van der Waals surface area (Å²) in [4.78, 5) is 39.2. The molecule has 0 saturated carbocycles. The first kappa shape index (κ1) is 22.4. The Morgan fingerprint density at radius 2 is 1.71 bits per heavy atom. The molecule has 1 aliphatic rings. The van der Waals surface area contributed by atoms with E-state index in [0.717, 1.165) is 4.90 Å². The standard InChI is InChI=1S/C23H28N4O4/c1-23(2,3)24-21(28)16-25-11-13-26(14-12-25)19-10-9-18(15-20(19)27(30)31)22(29)17-7-5-4-6-8-17/h4-10,15H,11-14,16H2,1-3H3,(H,24,28)/p+1. The molecule has 2 aromatic carbocycles. The maximum absolute atomic E-state index is 12.7. The van der Waals surface area contributed by atoms with Crippen molar-refractivity contribution in [3.63, 3.8) is 0 Å². The number of rotatable bonds is 6. The first-order valence-corrected chi connectivity index (χ1v) is 10.4. The monoisotopic (exact) mass is 425 g/mol. The van der Waals surface area contributed by atoms with Crippen LogP contribution in [0.3, 0.4) is 0 Å². The van der Waals surface area contributed by atoms with Crippen LogP contribution in [0, 0.1) is 10.1 Å². The third-order valence-electron chi connectivity index (χ3n) is 5.21. The number of piperazine rings is 1. The Kier molecular flexibility index (Phi) is 6.70. The number of nitro benzene ring substituents is 1. The molecule has 8 heteroatoms. The molecule has 8 nitrogen and oxygen atoms in total. The third-order valence-corrected chi connectivity index (χ3v) is 5.21. The van der Waals surface area contributed by atoms with Crippen LogP contribution in [0.15, 0.2) is 48.5 Å². The average molecular weight is 426 g/mol. The minimum Gasteiger partial charge on any atom is -0.355 e. The highest BCUT2D eigenvalue weighted by Gasteiger charge is 2.28. The van der Waals surface area contributed by atoms with E-state index in [1.165, 1.54) is 6.07 Å². The predicted molar refractivity (Wildman–Crippen MR) is 119 cm³/mol. The van der Waals surface area contributed by atoms with Crippen molar-refractivity contribution in [3.8, 4) is 0 Å². The van der Waals surface area contributed by atoms with E-state index in [1.807, 2.05) is 31.7 Å². The summed E-state index contributed by atoms with van der Waals surface area (Å²) in [6.45, 7) is 8.85. The highest BCUT2D eigenvalue weighted by Crippen LogP contribution is 2.30. The van der Waals surface area contributed by atoms with Gasteiger partial charge >= 0.3 is 0 Å². The number of benzene rings is 2. The molecule has 0 aliphatic carbocycles. The Morgan fingerprint density at radius 1 is 1.06 bits per heavy atom. The van der Waals surface area contributed by atoms with Gasteiger partial charge < -0.3 is 15.1 Å². The lowest BCUT2D eigenvalue weighted by molar-refractivity contribution is -0.892. The van der Waals surface area contributed by atoms with Crippen molar-refractivity contribution < 1.29 is 19.4 Å². The Balaban J connectivity index is 1.70. The Labute approximate surface area is 182 Å². The van der Waals surface area contributed by atoms with E-state index >= 15 is 0 Å². The highest BCUT2D eigenvalue weighted by molar-refractivity contribution is 6.09. The van der Waals surface area contributed by atoms with Crippen molar-refractivity contribution in [1.29, 1.82) is 0 Å². The van der Waals surface area contributed by atoms with Gasteiger partial charge in [0.1, 0.15) is 5.69 Å². The second kappa shape index (κ2) is 9.26. The predicted octanol–water partition coefficient (Wildman–Crippen LogP) is 1.45. The fourth-order valence-electron chi connectivity index (χ4n) is 3.76. The van der Waals surface area contributed by atoms with Gasteiger partial charge in [0.25, 0.3) is 11.6 Å². The topological polar surface area (TPSA) is 97.0 Å². The fraction of sp³-hybridized carbons (Fsp3) is 0.391. The van der Waals surface area contributed by atoms with Crippen LogP contribution in [0.25, 0.3) is 0 Å². The molecule has 0 spiro atoms. The number of quaternary nitrogens is 1. The van der Waals surface area contributed by atoms with Crippen LogP contribution in [0.2, 0.25) is 0 Å². The lowest BCUT2D eigenvalue weighted by Gasteiger charge is -2.33. The minimum absolute atomic E-state index is 0.00529. The van der Waals surface area contributed by atoms with Gasteiger partial charge in [0, 0.05) is 22.7 Å². The second-order valence-corrected chi connectivity index (χ2v) is 8.87. The molecule has 1 heterocycles. The molecule has 0 radical (unpaired) electrons. The number of anilines is 1. The first-order chi connectivity index (χ1) is 14.6. The zero-order valence-corrected chi connectivity index (χ0v) is 18.2. The summed E-state index contributed by atoms with van der Waals surface area (Å²) >= 11 is 0. The number of hydrogen-bond acceptors (Lipinski definition) is 5. The largest absolute Gasteiger partial charge is 0.355 e. The number of nitrogens with zero attached hydrogens (tertiary/aromatic N) is 2. The normalized spacial score (nSPS) is 14.9. The number of carbonyl (C=O) groups is 2. The van der Waals surface area contributed by atoms with Gasteiger partial charge in [-0.25, -0.2) is 0 Å². The van der Waals surface area contributed by atoms with Crippen LogP contribution in [-0.2, 0) is 4.79 Å². The fourth-order valence-corrected chi connectivity index (χ4v) is 3.76.